The molecular formula is C22H25BrClFN2O. The van der Waals surface area contributed by atoms with Crippen LogP contribution in [0.2, 0.25) is 5.02 Å². The van der Waals surface area contributed by atoms with Crippen molar-refractivity contribution in [1.82, 2.24) is 10.2 Å². The number of nitrogens with zero attached hydrogens (tertiary/aromatic N) is 1. The van der Waals surface area contributed by atoms with Gasteiger partial charge in [-0.15, -0.1) is 0 Å². The quantitative estimate of drug-likeness (QED) is 0.607. The van der Waals surface area contributed by atoms with Crippen LogP contribution < -0.4 is 5.32 Å². The fourth-order valence-electron chi connectivity index (χ4n) is 3.72. The van der Waals surface area contributed by atoms with Crippen molar-refractivity contribution < 1.29 is 9.18 Å². The smallest absolute Gasteiger partial charge is 0.224 e. The molecule has 1 atom stereocenters. The topological polar surface area (TPSA) is 32.3 Å². The van der Waals surface area contributed by atoms with E-state index in [-0.39, 0.29) is 24.2 Å². The zero-order valence-electron chi connectivity index (χ0n) is 15.8. The minimum absolute atomic E-state index is 0.0144. The van der Waals surface area contributed by atoms with Crippen LogP contribution in [0.4, 0.5) is 4.39 Å². The van der Waals surface area contributed by atoms with Crippen LogP contribution in [0.25, 0.3) is 0 Å². The van der Waals surface area contributed by atoms with Crippen LogP contribution in [0.1, 0.15) is 42.9 Å². The number of benzene rings is 2. The Bertz CT molecular complexity index is 809. The van der Waals surface area contributed by atoms with Gasteiger partial charge in [-0.25, -0.2) is 4.39 Å². The molecule has 1 aliphatic rings. The van der Waals surface area contributed by atoms with E-state index in [1.165, 1.54) is 12.8 Å². The molecule has 1 heterocycles. The predicted molar refractivity (Wildman–Crippen MR) is 115 cm³/mol. The van der Waals surface area contributed by atoms with Crippen molar-refractivity contribution in [2.45, 2.75) is 38.1 Å². The lowest BCUT2D eigenvalue weighted by Gasteiger charge is -2.32. The summed E-state index contributed by atoms with van der Waals surface area (Å²) in [7, 11) is 0. The molecule has 1 saturated heterocycles. The van der Waals surface area contributed by atoms with Crippen molar-refractivity contribution in [2.24, 2.45) is 0 Å². The van der Waals surface area contributed by atoms with E-state index in [4.69, 9.17) is 11.6 Å². The summed E-state index contributed by atoms with van der Waals surface area (Å²) in [6.07, 6.45) is 4.79. The van der Waals surface area contributed by atoms with Gasteiger partial charge in [-0.1, -0.05) is 54.8 Å². The van der Waals surface area contributed by atoms with E-state index < -0.39 is 0 Å². The summed E-state index contributed by atoms with van der Waals surface area (Å²) < 4.78 is 14.5. The Labute approximate surface area is 179 Å². The van der Waals surface area contributed by atoms with Crippen molar-refractivity contribution in [3.63, 3.8) is 0 Å². The average Bonchev–Trinajstić information content (AvgIpc) is 2.96. The summed E-state index contributed by atoms with van der Waals surface area (Å²) in [5.41, 5.74) is 1.41. The Morgan fingerprint density at radius 3 is 2.54 bits per heavy atom. The molecule has 0 aliphatic carbocycles. The van der Waals surface area contributed by atoms with Gasteiger partial charge in [0.15, 0.2) is 0 Å². The van der Waals surface area contributed by atoms with Gasteiger partial charge in [-0.3, -0.25) is 9.69 Å². The number of rotatable bonds is 6. The third-order valence-electron chi connectivity index (χ3n) is 5.22. The third kappa shape index (κ3) is 5.56. The second-order valence-electron chi connectivity index (χ2n) is 7.18. The molecule has 0 aromatic heterocycles. The molecule has 1 fully saturated rings. The molecule has 150 valence electrons. The number of halogens is 3. The van der Waals surface area contributed by atoms with Crippen molar-refractivity contribution in [3.05, 3.63) is 68.9 Å². The van der Waals surface area contributed by atoms with Crippen molar-refractivity contribution in [1.29, 1.82) is 0 Å². The van der Waals surface area contributed by atoms with Crippen LogP contribution in [0.3, 0.4) is 0 Å². The van der Waals surface area contributed by atoms with E-state index in [1.807, 2.05) is 24.3 Å². The Hall–Kier alpha value is -1.43. The van der Waals surface area contributed by atoms with Crippen molar-refractivity contribution in [3.8, 4) is 0 Å². The van der Waals surface area contributed by atoms with Gasteiger partial charge in [-0.2, -0.15) is 0 Å². The SMILES string of the molecule is O=C(Cc1cccc(Br)c1F)NCC(c1ccccc1Cl)N1CCCCCC1. The number of carbonyl (C=O) groups excluding carboxylic acids is 1. The number of amides is 1. The lowest BCUT2D eigenvalue weighted by atomic mass is 10.0. The van der Waals surface area contributed by atoms with Crippen LogP contribution in [0.15, 0.2) is 46.9 Å². The maximum Gasteiger partial charge on any atom is 0.224 e. The Morgan fingerprint density at radius 1 is 1.11 bits per heavy atom. The van der Waals surface area contributed by atoms with Gasteiger partial charge in [0.1, 0.15) is 5.82 Å². The second kappa shape index (κ2) is 10.4. The van der Waals surface area contributed by atoms with Gasteiger partial charge in [-0.05, 0) is 65.1 Å². The fraction of sp³-hybridized carbons (Fsp3) is 0.409. The third-order valence-corrected chi connectivity index (χ3v) is 6.18. The van der Waals surface area contributed by atoms with E-state index in [2.05, 4.69) is 26.1 Å². The van der Waals surface area contributed by atoms with Crippen LogP contribution in [0.5, 0.6) is 0 Å². The molecule has 6 heteroatoms. The highest BCUT2D eigenvalue weighted by Crippen LogP contribution is 2.29. The number of carbonyl (C=O) groups is 1. The number of likely N-dealkylation sites (tertiary alicyclic amines) is 1. The summed E-state index contributed by atoms with van der Waals surface area (Å²) in [5.74, 6) is -0.573. The molecule has 0 saturated carbocycles. The first-order valence-corrected chi connectivity index (χ1v) is 10.9. The molecule has 0 radical (unpaired) electrons. The molecule has 1 N–H and O–H groups in total. The molecular weight excluding hydrogens is 443 g/mol. The Morgan fingerprint density at radius 2 is 1.82 bits per heavy atom. The minimum atomic E-state index is -0.382. The maximum absolute atomic E-state index is 14.2. The molecule has 3 nitrogen and oxygen atoms in total. The molecule has 3 rings (SSSR count). The van der Waals surface area contributed by atoms with E-state index in [0.717, 1.165) is 31.5 Å². The van der Waals surface area contributed by atoms with Gasteiger partial charge >= 0.3 is 0 Å². The normalized spacial score (nSPS) is 16.4. The van der Waals surface area contributed by atoms with Crippen LogP contribution >= 0.6 is 27.5 Å². The summed E-state index contributed by atoms with van der Waals surface area (Å²) in [6.45, 7) is 2.44. The van der Waals surface area contributed by atoms with Gasteiger partial charge in [0.05, 0.1) is 16.9 Å². The standard InChI is InChI=1S/C22H25BrClFN2O/c23-18-10-7-8-16(22(18)25)14-21(28)26-15-20(17-9-3-4-11-19(17)24)27-12-5-1-2-6-13-27/h3-4,7-11,20H,1-2,5-6,12-15H2,(H,26,28). The van der Waals surface area contributed by atoms with Gasteiger partial charge in [0.25, 0.3) is 0 Å². The van der Waals surface area contributed by atoms with Crippen LogP contribution in [-0.2, 0) is 11.2 Å². The molecule has 1 aliphatic heterocycles. The summed E-state index contributed by atoms with van der Waals surface area (Å²) >= 11 is 9.64. The molecule has 0 spiro atoms. The average molecular weight is 468 g/mol. The molecule has 1 unspecified atom stereocenters. The van der Waals surface area contributed by atoms with Gasteiger partial charge in [0, 0.05) is 11.6 Å². The van der Waals surface area contributed by atoms with Crippen LogP contribution in [0, 0.1) is 5.82 Å². The first kappa shape index (κ1) is 21.3. The molecule has 2 aromatic carbocycles. The fourth-order valence-corrected chi connectivity index (χ4v) is 4.39. The minimum Gasteiger partial charge on any atom is -0.354 e. The second-order valence-corrected chi connectivity index (χ2v) is 8.44. The maximum atomic E-state index is 14.2. The summed E-state index contributed by atoms with van der Waals surface area (Å²) in [6, 6.07) is 12.8. The predicted octanol–water partition coefficient (Wildman–Crippen LogP) is 5.52. The van der Waals surface area contributed by atoms with E-state index in [9.17, 15) is 9.18 Å². The lowest BCUT2D eigenvalue weighted by molar-refractivity contribution is -0.120. The first-order chi connectivity index (χ1) is 13.6. The largest absolute Gasteiger partial charge is 0.354 e. The van der Waals surface area contributed by atoms with E-state index in [0.29, 0.717) is 21.6 Å². The Kier molecular flexibility index (Phi) is 7.89. The zero-order chi connectivity index (χ0) is 19.9. The highest BCUT2D eigenvalue weighted by atomic mass is 79.9. The lowest BCUT2D eigenvalue weighted by Crippen LogP contribution is -2.39. The highest BCUT2D eigenvalue weighted by Gasteiger charge is 2.24. The van der Waals surface area contributed by atoms with Crippen molar-refractivity contribution >= 4 is 33.4 Å². The summed E-state index contributed by atoms with van der Waals surface area (Å²) in [4.78, 5) is 14.9. The van der Waals surface area contributed by atoms with Crippen LogP contribution in [-0.4, -0.2) is 30.4 Å². The molecule has 0 bridgehead atoms. The van der Waals surface area contributed by atoms with E-state index in [1.54, 1.807) is 18.2 Å². The van der Waals surface area contributed by atoms with Crippen molar-refractivity contribution in [2.75, 3.05) is 19.6 Å². The molecule has 2 aromatic rings. The highest BCUT2D eigenvalue weighted by molar-refractivity contribution is 9.10. The zero-order valence-corrected chi connectivity index (χ0v) is 18.1. The number of hydrogen-bond donors (Lipinski definition) is 1. The number of hydrogen-bond acceptors (Lipinski definition) is 2. The first-order valence-electron chi connectivity index (χ1n) is 9.74. The molecule has 1 amide bonds. The van der Waals surface area contributed by atoms with Gasteiger partial charge in [0.2, 0.25) is 5.91 Å². The Balaban J connectivity index is 1.71. The summed E-state index contributed by atoms with van der Waals surface area (Å²) in [5, 5.41) is 3.71. The number of nitrogens with one attached hydrogen (secondary N) is 1. The molecule has 28 heavy (non-hydrogen) atoms. The van der Waals surface area contributed by atoms with E-state index >= 15 is 0 Å². The monoisotopic (exact) mass is 466 g/mol. The van der Waals surface area contributed by atoms with Gasteiger partial charge < -0.3 is 5.32 Å².